The lowest BCUT2D eigenvalue weighted by molar-refractivity contribution is 0.765. The van der Waals surface area contributed by atoms with Gasteiger partial charge in [0, 0.05) is 10.9 Å². The molecule has 8 nitrogen and oxygen atoms in total. The summed E-state index contributed by atoms with van der Waals surface area (Å²) in [5.74, 6) is 7.22. The van der Waals surface area contributed by atoms with Crippen molar-refractivity contribution in [3.05, 3.63) is 81.2 Å². The van der Waals surface area contributed by atoms with Gasteiger partial charge in [-0.25, -0.2) is 9.66 Å². The van der Waals surface area contributed by atoms with Gasteiger partial charge in [0.2, 0.25) is 0 Å². The van der Waals surface area contributed by atoms with Gasteiger partial charge in [-0.05, 0) is 41.0 Å². The lowest BCUT2D eigenvalue weighted by Crippen LogP contribution is -2.29. The van der Waals surface area contributed by atoms with Gasteiger partial charge >= 0.3 is 0 Å². The standard InChI is InChI=1S/C22H19N7OS2/c1-13-7-6-8-14(2)19(13)29-17(25-26-27-29)12-32-22-24-20-18(21(30)28(22)23)16(11-31-20)15-9-4-3-5-10-15/h3-11H,12,23H2,1-2H3. The summed E-state index contributed by atoms with van der Waals surface area (Å²) in [5.41, 5.74) is 4.64. The zero-order chi connectivity index (χ0) is 22.2. The van der Waals surface area contributed by atoms with E-state index in [1.54, 1.807) is 4.68 Å². The molecule has 0 aliphatic rings. The molecule has 0 aliphatic carbocycles. The first-order chi connectivity index (χ1) is 15.5. The highest BCUT2D eigenvalue weighted by atomic mass is 32.2. The van der Waals surface area contributed by atoms with Crippen molar-refractivity contribution in [1.82, 2.24) is 29.9 Å². The number of nitrogens with two attached hydrogens (primary N) is 1. The van der Waals surface area contributed by atoms with Gasteiger partial charge in [0.25, 0.3) is 5.56 Å². The Bertz CT molecular complexity index is 1470. The summed E-state index contributed by atoms with van der Waals surface area (Å²) in [7, 11) is 0. The van der Waals surface area contributed by atoms with Crippen LogP contribution in [0.4, 0.5) is 0 Å². The van der Waals surface area contributed by atoms with E-state index >= 15 is 0 Å². The second kappa shape index (κ2) is 8.21. The zero-order valence-electron chi connectivity index (χ0n) is 17.4. The van der Waals surface area contributed by atoms with Crippen molar-refractivity contribution in [2.45, 2.75) is 24.8 Å². The van der Waals surface area contributed by atoms with Gasteiger partial charge in [-0.1, -0.05) is 60.3 Å². The predicted molar refractivity (Wildman–Crippen MR) is 128 cm³/mol. The number of benzene rings is 2. The van der Waals surface area contributed by atoms with E-state index < -0.39 is 0 Å². The minimum Gasteiger partial charge on any atom is -0.334 e. The molecule has 3 heterocycles. The van der Waals surface area contributed by atoms with Gasteiger partial charge in [0.1, 0.15) is 4.83 Å². The fourth-order valence-electron chi connectivity index (χ4n) is 3.65. The fraction of sp³-hybridized carbons (Fsp3) is 0.136. The Kier molecular flexibility index (Phi) is 5.24. The van der Waals surface area contributed by atoms with Gasteiger partial charge < -0.3 is 5.84 Å². The largest absolute Gasteiger partial charge is 0.334 e. The number of rotatable bonds is 5. The Hall–Kier alpha value is -3.50. The lowest BCUT2D eigenvalue weighted by atomic mass is 10.1. The van der Waals surface area contributed by atoms with Gasteiger partial charge in [-0.3, -0.25) is 4.79 Å². The zero-order valence-corrected chi connectivity index (χ0v) is 19.0. The minimum atomic E-state index is -0.271. The molecule has 0 saturated carbocycles. The van der Waals surface area contributed by atoms with Crippen LogP contribution in [0.5, 0.6) is 0 Å². The number of fused-ring (bicyclic) bond motifs is 1. The molecule has 5 aromatic rings. The van der Waals surface area contributed by atoms with Crippen LogP contribution in [0.2, 0.25) is 0 Å². The van der Waals surface area contributed by atoms with E-state index in [0.29, 0.717) is 27.0 Å². The molecular formula is C22H19N7OS2. The van der Waals surface area contributed by atoms with Crippen LogP contribution in [0.1, 0.15) is 17.0 Å². The van der Waals surface area contributed by atoms with E-state index in [2.05, 4.69) is 20.5 Å². The molecule has 32 heavy (non-hydrogen) atoms. The maximum absolute atomic E-state index is 13.1. The number of hydrogen-bond donors (Lipinski definition) is 1. The van der Waals surface area contributed by atoms with Crippen LogP contribution >= 0.6 is 23.1 Å². The first kappa shape index (κ1) is 20.4. The minimum absolute atomic E-state index is 0.271. The Morgan fingerprint density at radius 2 is 1.81 bits per heavy atom. The molecular weight excluding hydrogens is 442 g/mol. The number of thiophene rings is 1. The van der Waals surface area contributed by atoms with Gasteiger partial charge in [-0.15, -0.1) is 16.4 Å². The van der Waals surface area contributed by atoms with Crippen LogP contribution in [0.25, 0.3) is 27.0 Å². The molecule has 0 unspecified atom stereocenters. The van der Waals surface area contributed by atoms with Crippen LogP contribution < -0.4 is 11.4 Å². The van der Waals surface area contributed by atoms with E-state index in [1.807, 2.05) is 67.8 Å². The Morgan fingerprint density at radius 3 is 2.56 bits per heavy atom. The molecule has 0 spiro atoms. The molecule has 5 rings (SSSR count). The van der Waals surface area contributed by atoms with E-state index in [-0.39, 0.29) is 5.56 Å². The van der Waals surface area contributed by atoms with Crippen LogP contribution in [0.15, 0.2) is 63.9 Å². The number of nitrogen functional groups attached to an aromatic ring is 1. The molecule has 0 aliphatic heterocycles. The quantitative estimate of drug-likeness (QED) is 0.242. The highest BCUT2D eigenvalue weighted by molar-refractivity contribution is 7.98. The first-order valence-electron chi connectivity index (χ1n) is 9.86. The van der Waals surface area contributed by atoms with E-state index in [4.69, 9.17) is 5.84 Å². The fourth-order valence-corrected chi connectivity index (χ4v) is 5.47. The molecule has 0 saturated heterocycles. The summed E-state index contributed by atoms with van der Waals surface area (Å²) < 4.78 is 2.84. The van der Waals surface area contributed by atoms with Crippen molar-refractivity contribution in [3.8, 4) is 16.8 Å². The third kappa shape index (κ3) is 3.47. The number of aryl methyl sites for hydroxylation is 2. The third-order valence-electron chi connectivity index (χ3n) is 5.21. The van der Waals surface area contributed by atoms with Gasteiger partial charge in [-0.2, -0.15) is 4.68 Å². The topological polar surface area (TPSA) is 105 Å². The molecule has 160 valence electrons. The number of para-hydroxylation sites is 1. The van der Waals surface area contributed by atoms with E-state index in [9.17, 15) is 4.79 Å². The van der Waals surface area contributed by atoms with Crippen LogP contribution in [0, 0.1) is 13.8 Å². The highest BCUT2D eigenvalue weighted by Gasteiger charge is 2.18. The monoisotopic (exact) mass is 461 g/mol. The molecule has 2 N–H and O–H groups in total. The number of tetrazole rings is 1. The van der Waals surface area contributed by atoms with Crippen molar-refractivity contribution in [2.75, 3.05) is 5.84 Å². The molecule has 2 aromatic carbocycles. The predicted octanol–water partition coefficient (Wildman–Crippen LogP) is 3.72. The average Bonchev–Trinajstić information content (AvgIpc) is 3.43. The summed E-state index contributed by atoms with van der Waals surface area (Å²) in [4.78, 5) is 18.4. The molecule has 0 bridgehead atoms. The molecule has 0 fully saturated rings. The second-order valence-corrected chi connectivity index (χ2v) is 9.10. The maximum Gasteiger partial charge on any atom is 0.282 e. The second-order valence-electron chi connectivity index (χ2n) is 7.30. The summed E-state index contributed by atoms with van der Waals surface area (Å²) in [6.45, 7) is 4.05. The average molecular weight is 462 g/mol. The van der Waals surface area contributed by atoms with Crippen LogP contribution in [-0.2, 0) is 5.75 Å². The third-order valence-corrected chi connectivity index (χ3v) is 7.03. The van der Waals surface area contributed by atoms with E-state index in [1.165, 1.54) is 23.1 Å². The van der Waals surface area contributed by atoms with Crippen molar-refractivity contribution >= 4 is 33.3 Å². The van der Waals surface area contributed by atoms with Gasteiger partial charge in [0.05, 0.1) is 16.8 Å². The first-order valence-corrected chi connectivity index (χ1v) is 11.7. The summed E-state index contributed by atoms with van der Waals surface area (Å²) in [5, 5.41) is 15.1. The van der Waals surface area contributed by atoms with Gasteiger partial charge in [0.15, 0.2) is 11.0 Å². The van der Waals surface area contributed by atoms with Crippen molar-refractivity contribution in [1.29, 1.82) is 0 Å². The normalized spacial score (nSPS) is 11.3. The number of hydrogen-bond acceptors (Lipinski definition) is 8. The molecule has 3 aromatic heterocycles. The number of thioether (sulfide) groups is 1. The van der Waals surface area contributed by atoms with Crippen molar-refractivity contribution < 1.29 is 0 Å². The molecule has 0 atom stereocenters. The SMILES string of the molecule is Cc1cccc(C)c1-n1nnnc1CSc1nc2scc(-c3ccccc3)c2c(=O)n1N. The molecule has 0 amide bonds. The Morgan fingerprint density at radius 1 is 1.06 bits per heavy atom. The lowest BCUT2D eigenvalue weighted by Gasteiger charge is -2.11. The van der Waals surface area contributed by atoms with Crippen LogP contribution in [-0.4, -0.2) is 29.9 Å². The number of aromatic nitrogens is 6. The smallest absolute Gasteiger partial charge is 0.282 e. The summed E-state index contributed by atoms with van der Waals surface area (Å²) in [6, 6.07) is 15.8. The number of nitrogens with zero attached hydrogens (tertiary/aromatic N) is 6. The summed E-state index contributed by atoms with van der Waals surface area (Å²) in [6.07, 6.45) is 0. The van der Waals surface area contributed by atoms with E-state index in [0.717, 1.165) is 32.6 Å². The van der Waals surface area contributed by atoms with Crippen molar-refractivity contribution in [2.24, 2.45) is 0 Å². The molecule has 10 heteroatoms. The highest BCUT2D eigenvalue weighted by Crippen LogP contribution is 2.32. The molecule has 0 radical (unpaired) electrons. The van der Waals surface area contributed by atoms with Crippen molar-refractivity contribution in [3.63, 3.8) is 0 Å². The summed E-state index contributed by atoms with van der Waals surface area (Å²) >= 11 is 2.76. The Labute approximate surface area is 191 Å². The Balaban J connectivity index is 1.49. The van der Waals surface area contributed by atoms with Crippen LogP contribution in [0.3, 0.4) is 0 Å². The maximum atomic E-state index is 13.1.